The lowest BCUT2D eigenvalue weighted by Crippen LogP contribution is -2.35. The van der Waals surface area contributed by atoms with Crippen molar-refractivity contribution in [2.24, 2.45) is 0 Å². The van der Waals surface area contributed by atoms with Crippen molar-refractivity contribution in [3.63, 3.8) is 0 Å². The molecule has 3 aromatic carbocycles. The molecule has 1 heterocycles. The third kappa shape index (κ3) is 6.90. The van der Waals surface area contributed by atoms with E-state index in [1.165, 1.54) is 23.5 Å². The number of halogens is 4. The number of urea groups is 1. The van der Waals surface area contributed by atoms with E-state index in [2.05, 4.69) is 31.3 Å². The Kier molecular flexibility index (Phi) is 8.46. The maximum atomic E-state index is 13.6. The maximum absolute atomic E-state index is 13.6. The number of aromatic amines is 1. The fourth-order valence-corrected chi connectivity index (χ4v) is 5.02. The molecule has 1 aromatic heterocycles. The van der Waals surface area contributed by atoms with E-state index in [-0.39, 0.29) is 18.1 Å². The summed E-state index contributed by atoms with van der Waals surface area (Å²) < 4.78 is 54.5. The predicted octanol–water partition coefficient (Wildman–Crippen LogP) is 6.90. The molecule has 1 fully saturated rings. The zero-order valence-corrected chi connectivity index (χ0v) is 22.3. The first-order valence-electron chi connectivity index (χ1n) is 13.4. The molecular weight excluding hydrogens is 554 g/mol. The number of alkyl halides is 3. The molecule has 9 nitrogen and oxygen atoms in total. The van der Waals surface area contributed by atoms with Crippen molar-refractivity contribution in [3.05, 3.63) is 94.8 Å². The summed E-state index contributed by atoms with van der Waals surface area (Å²) in [4.78, 5) is 27.2. The number of H-pyrrole nitrogens is 1. The summed E-state index contributed by atoms with van der Waals surface area (Å²) in [6.45, 7) is -0.0239. The van der Waals surface area contributed by atoms with Crippen LogP contribution in [0.3, 0.4) is 0 Å². The highest BCUT2D eigenvalue weighted by atomic mass is 19.4. The summed E-state index contributed by atoms with van der Waals surface area (Å²) in [5.74, 6) is -1.12. The minimum absolute atomic E-state index is 0.00242. The highest BCUT2D eigenvalue weighted by molar-refractivity contribution is 6.03. The second-order valence-electron chi connectivity index (χ2n) is 10.0. The van der Waals surface area contributed by atoms with Crippen LogP contribution < -0.4 is 15.5 Å². The van der Waals surface area contributed by atoms with Crippen LogP contribution in [-0.4, -0.2) is 32.6 Å². The van der Waals surface area contributed by atoms with E-state index in [4.69, 9.17) is 0 Å². The molecule has 0 atom stereocenters. The molecule has 0 saturated heterocycles. The van der Waals surface area contributed by atoms with Crippen LogP contribution in [0.2, 0.25) is 0 Å². The Hall–Kier alpha value is -4.81. The molecule has 42 heavy (non-hydrogen) atoms. The van der Waals surface area contributed by atoms with Gasteiger partial charge in [0.15, 0.2) is 0 Å². The molecule has 4 aromatic rings. The SMILES string of the molecule is O=C(Nc1nn[nH]n1)c1ccc(CN(C(=O)Nc2ccc(F)cc2C(F)(F)F)c2ccc(C3CCCCC3)cc2)cc1. The van der Waals surface area contributed by atoms with Gasteiger partial charge in [0.1, 0.15) is 5.82 Å². The van der Waals surface area contributed by atoms with Gasteiger partial charge in [-0.1, -0.05) is 48.6 Å². The molecular formula is C29H27F4N7O2. The third-order valence-electron chi connectivity index (χ3n) is 7.18. The van der Waals surface area contributed by atoms with Crippen molar-refractivity contribution in [1.82, 2.24) is 20.6 Å². The lowest BCUT2D eigenvalue weighted by molar-refractivity contribution is -0.137. The molecule has 3 N–H and O–H groups in total. The molecule has 13 heteroatoms. The number of anilines is 3. The molecule has 218 valence electrons. The number of hydrogen-bond donors (Lipinski definition) is 3. The average molecular weight is 582 g/mol. The first-order valence-corrected chi connectivity index (χ1v) is 13.4. The first kappa shape index (κ1) is 28.7. The third-order valence-corrected chi connectivity index (χ3v) is 7.18. The number of hydrogen-bond acceptors (Lipinski definition) is 5. The number of amides is 3. The van der Waals surface area contributed by atoms with Crippen molar-refractivity contribution >= 4 is 29.3 Å². The van der Waals surface area contributed by atoms with Gasteiger partial charge < -0.3 is 5.32 Å². The number of nitrogens with one attached hydrogen (secondary N) is 3. The van der Waals surface area contributed by atoms with Crippen LogP contribution in [0.15, 0.2) is 66.7 Å². The van der Waals surface area contributed by atoms with Crippen LogP contribution in [-0.2, 0) is 12.7 Å². The van der Waals surface area contributed by atoms with Crippen molar-refractivity contribution in [2.75, 3.05) is 15.5 Å². The standard InChI is InChI=1S/C29H27F4N7O2/c30-22-12-15-25(24(16-22)29(31,32)33)34-28(42)40(23-13-10-20(11-14-23)19-4-2-1-3-5-19)17-18-6-8-21(9-7-18)26(41)35-27-36-38-39-37-27/h6-16,19H,1-5,17H2,(H,34,42)(H2,35,36,37,38,39,41). The second kappa shape index (κ2) is 12.4. The quantitative estimate of drug-likeness (QED) is 0.206. The van der Waals surface area contributed by atoms with E-state index >= 15 is 0 Å². The van der Waals surface area contributed by atoms with Crippen molar-refractivity contribution in [2.45, 2.75) is 50.7 Å². The largest absolute Gasteiger partial charge is 0.418 e. The predicted molar refractivity (Wildman–Crippen MR) is 147 cm³/mol. The van der Waals surface area contributed by atoms with Gasteiger partial charge >= 0.3 is 12.2 Å². The summed E-state index contributed by atoms with van der Waals surface area (Å²) in [7, 11) is 0. The van der Waals surface area contributed by atoms with Gasteiger partial charge in [-0.05, 0) is 77.6 Å². The van der Waals surface area contributed by atoms with Gasteiger partial charge in [-0.25, -0.2) is 9.18 Å². The van der Waals surface area contributed by atoms with Crippen molar-refractivity contribution in [3.8, 4) is 0 Å². The van der Waals surface area contributed by atoms with Gasteiger partial charge in [-0.15, -0.1) is 5.10 Å². The number of carbonyl (C=O) groups is 2. The van der Waals surface area contributed by atoms with Gasteiger partial charge in [-0.2, -0.15) is 18.4 Å². The molecule has 1 aliphatic rings. The highest BCUT2D eigenvalue weighted by Gasteiger charge is 2.35. The fourth-order valence-electron chi connectivity index (χ4n) is 5.02. The topological polar surface area (TPSA) is 116 Å². The number of nitrogens with zero attached hydrogens (tertiary/aromatic N) is 4. The van der Waals surface area contributed by atoms with Crippen LogP contribution in [0.4, 0.5) is 39.7 Å². The molecule has 0 spiro atoms. The summed E-state index contributed by atoms with van der Waals surface area (Å²) in [6, 6.07) is 15.0. The fraction of sp³-hybridized carbons (Fsp3) is 0.276. The summed E-state index contributed by atoms with van der Waals surface area (Å²) in [6.07, 6.45) is 0.812. The smallest absolute Gasteiger partial charge is 0.307 e. The Morgan fingerprint density at radius 2 is 1.64 bits per heavy atom. The number of tetrazole rings is 1. The maximum Gasteiger partial charge on any atom is 0.418 e. The molecule has 5 rings (SSSR count). The highest BCUT2D eigenvalue weighted by Crippen LogP contribution is 2.36. The van der Waals surface area contributed by atoms with Crippen molar-refractivity contribution < 1.29 is 27.2 Å². The zero-order valence-electron chi connectivity index (χ0n) is 22.3. The van der Waals surface area contributed by atoms with Gasteiger partial charge in [-0.3, -0.25) is 15.0 Å². The molecule has 0 radical (unpaired) electrons. The Morgan fingerprint density at radius 3 is 2.29 bits per heavy atom. The lowest BCUT2D eigenvalue weighted by Gasteiger charge is -2.26. The number of aromatic nitrogens is 4. The van der Waals surface area contributed by atoms with Gasteiger partial charge in [0.2, 0.25) is 0 Å². The van der Waals surface area contributed by atoms with E-state index in [9.17, 15) is 27.2 Å². The van der Waals surface area contributed by atoms with Crippen LogP contribution in [0.1, 0.15) is 65.1 Å². The number of benzene rings is 3. The Morgan fingerprint density at radius 1 is 0.929 bits per heavy atom. The average Bonchev–Trinajstić information content (AvgIpc) is 3.50. The van der Waals surface area contributed by atoms with Crippen LogP contribution in [0.25, 0.3) is 0 Å². The molecule has 1 aliphatic carbocycles. The van der Waals surface area contributed by atoms with Gasteiger partial charge in [0.05, 0.1) is 17.8 Å². The zero-order chi connectivity index (χ0) is 29.7. The lowest BCUT2D eigenvalue weighted by atomic mass is 9.84. The van der Waals surface area contributed by atoms with E-state index in [0.29, 0.717) is 23.2 Å². The summed E-state index contributed by atoms with van der Waals surface area (Å²) in [5, 5.41) is 17.7. The van der Waals surface area contributed by atoms with Crippen molar-refractivity contribution in [1.29, 1.82) is 0 Å². The minimum Gasteiger partial charge on any atom is -0.307 e. The van der Waals surface area contributed by atoms with Gasteiger partial charge in [0.25, 0.3) is 11.9 Å². The van der Waals surface area contributed by atoms with E-state index in [1.54, 1.807) is 24.3 Å². The molecule has 0 aliphatic heterocycles. The van der Waals surface area contributed by atoms with E-state index < -0.39 is 35.2 Å². The molecule has 0 unspecified atom stereocenters. The van der Waals surface area contributed by atoms with Crippen LogP contribution in [0, 0.1) is 5.82 Å². The monoisotopic (exact) mass is 581 g/mol. The number of rotatable bonds is 7. The summed E-state index contributed by atoms with van der Waals surface area (Å²) >= 11 is 0. The second-order valence-corrected chi connectivity index (χ2v) is 10.0. The van der Waals surface area contributed by atoms with E-state index in [0.717, 1.165) is 43.4 Å². The first-order chi connectivity index (χ1) is 20.2. The summed E-state index contributed by atoms with van der Waals surface area (Å²) in [5.41, 5.74) is 0.646. The molecule has 1 saturated carbocycles. The normalized spacial score (nSPS) is 13.9. The number of carbonyl (C=O) groups excluding carboxylic acids is 2. The molecule has 0 bridgehead atoms. The van der Waals surface area contributed by atoms with E-state index in [1.807, 2.05) is 12.1 Å². The Bertz CT molecular complexity index is 1520. The Labute approximate surface area is 238 Å². The molecule has 3 amide bonds. The van der Waals surface area contributed by atoms with Crippen LogP contribution >= 0.6 is 0 Å². The van der Waals surface area contributed by atoms with Crippen LogP contribution in [0.5, 0.6) is 0 Å². The Balaban J connectivity index is 1.40. The minimum atomic E-state index is -4.88. The van der Waals surface area contributed by atoms with Gasteiger partial charge in [0, 0.05) is 11.3 Å².